The second-order valence-corrected chi connectivity index (χ2v) is 4.41. The molecule has 16 heavy (non-hydrogen) atoms. The summed E-state index contributed by atoms with van der Waals surface area (Å²) in [5, 5.41) is 11.0. The van der Waals surface area contributed by atoms with E-state index in [1.54, 1.807) is 7.11 Å². The molecule has 2 aromatic rings. The van der Waals surface area contributed by atoms with Crippen LogP contribution < -0.4 is 4.74 Å². The average molecular weight is 217 g/mol. The first kappa shape index (κ1) is 9.73. The predicted octanol–water partition coefficient (Wildman–Crippen LogP) is 2.40. The van der Waals surface area contributed by atoms with E-state index in [1.165, 1.54) is 5.52 Å². The minimum Gasteiger partial charge on any atom is -0.496 e. The van der Waals surface area contributed by atoms with E-state index in [4.69, 9.17) is 4.74 Å². The zero-order valence-corrected chi connectivity index (χ0v) is 9.53. The van der Waals surface area contributed by atoms with Gasteiger partial charge in [-0.05, 0) is 37.1 Å². The molecule has 0 fully saturated rings. The van der Waals surface area contributed by atoms with Crippen molar-refractivity contribution in [3.63, 3.8) is 0 Å². The second-order valence-electron chi connectivity index (χ2n) is 4.41. The van der Waals surface area contributed by atoms with E-state index < -0.39 is 0 Å². The largest absolute Gasteiger partial charge is 0.496 e. The molecule has 1 aromatic heterocycles. The summed E-state index contributed by atoms with van der Waals surface area (Å²) < 4.78 is 7.51. The van der Waals surface area contributed by atoms with Gasteiger partial charge in [0.2, 0.25) is 0 Å². The third-order valence-corrected chi connectivity index (χ3v) is 3.42. The number of methoxy groups -OCH3 is 1. The van der Waals surface area contributed by atoms with Gasteiger partial charge in [0, 0.05) is 23.1 Å². The number of aryl methyl sites for hydroxylation is 2. The van der Waals surface area contributed by atoms with Crippen LogP contribution in [0.1, 0.15) is 23.8 Å². The fraction of sp³-hybridized carbons (Fsp3) is 0.385. The first-order valence-corrected chi connectivity index (χ1v) is 5.56. The van der Waals surface area contributed by atoms with E-state index >= 15 is 0 Å². The van der Waals surface area contributed by atoms with E-state index in [0.29, 0.717) is 0 Å². The van der Waals surface area contributed by atoms with Gasteiger partial charge in [0.05, 0.1) is 13.2 Å². The molecule has 0 saturated heterocycles. The highest BCUT2D eigenvalue weighted by Crippen LogP contribution is 2.35. The number of rotatable bonds is 1. The smallest absolute Gasteiger partial charge is 0.122 e. The molecule has 0 amide bonds. The number of fused-ring (bicyclic) bond motifs is 3. The molecular formula is C13H15NO2. The lowest BCUT2D eigenvalue weighted by Gasteiger charge is -2.06. The van der Waals surface area contributed by atoms with E-state index in [9.17, 15) is 5.11 Å². The van der Waals surface area contributed by atoms with Crippen LogP contribution in [0.15, 0.2) is 18.2 Å². The Morgan fingerprint density at radius 1 is 1.38 bits per heavy atom. The van der Waals surface area contributed by atoms with Crippen LogP contribution in [0.4, 0.5) is 0 Å². The maximum absolute atomic E-state index is 9.83. The highest BCUT2D eigenvalue weighted by atomic mass is 16.5. The van der Waals surface area contributed by atoms with Gasteiger partial charge in [-0.2, -0.15) is 0 Å². The molecule has 1 N–H and O–H groups in total. The Labute approximate surface area is 94.3 Å². The lowest BCUT2D eigenvalue weighted by Crippen LogP contribution is -1.93. The molecule has 1 aromatic carbocycles. The lowest BCUT2D eigenvalue weighted by atomic mass is 10.1. The summed E-state index contributed by atoms with van der Waals surface area (Å²) in [7, 11) is 1.69. The van der Waals surface area contributed by atoms with Crippen LogP contribution in [0.25, 0.3) is 10.9 Å². The third-order valence-electron chi connectivity index (χ3n) is 3.42. The molecule has 0 unspecified atom stereocenters. The van der Waals surface area contributed by atoms with Crippen molar-refractivity contribution in [3.05, 3.63) is 29.5 Å². The summed E-state index contributed by atoms with van der Waals surface area (Å²) in [6.07, 6.45) is 0.523. The van der Waals surface area contributed by atoms with E-state index in [1.807, 2.05) is 13.0 Å². The maximum atomic E-state index is 9.83. The number of aliphatic hydroxyl groups is 1. The van der Waals surface area contributed by atoms with Crippen LogP contribution in [0.5, 0.6) is 5.75 Å². The van der Waals surface area contributed by atoms with Crippen LogP contribution in [-0.2, 0) is 6.54 Å². The summed E-state index contributed by atoms with van der Waals surface area (Å²) in [4.78, 5) is 0. The number of hydrogen-bond donors (Lipinski definition) is 1. The SMILES string of the molecule is COc1cc2cc3n(c2cc1C)CC[C@@H]3O. The molecule has 2 heterocycles. The molecule has 3 heteroatoms. The Morgan fingerprint density at radius 2 is 2.19 bits per heavy atom. The summed E-state index contributed by atoms with van der Waals surface area (Å²) >= 11 is 0. The Kier molecular flexibility index (Phi) is 1.98. The highest BCUT2D eigenvalue weighted by Gasteiger charge is 2.22. The quantitative estimate of drug-likeness (QED) is 0.796. The third kappa shape index (κ3) is 1.18. The molecule has 3 nitrogen and oxygen atoms in total. The Balaban J connectivity index is 2.29. The van der Waals surface area contributed by atoms with Gasteiger partial charge in [0.1, 0.15) is 5.75 Å². The Morgan fingerprint density at radius 3 is 2.94 bits per heavy atom. The molecule has 1 aliphatic rings. The topological polar surface area (TPSA) is 34.4 Å². The molecule has 0 bridgehead atoms. The van der Waals surface area contributed by atoms with Gasteiger partial charge >= 0.3 is 0 Å². The maximum Gasteiger partial charge on any atom is 0.122 e. The van der Waals surface area contributed by atoms with Crippen LogP contribution in [0, 0.1) is 6.92 Å². The lowest BCUT2D eigenvalue weighted by molar-refractivity contribution is 0.180. The Bertz CT molecular complexity index is 557. The molecule has 0 saturated carbocycles. The van der Waals surface area contributed by atoms with Gasteiger partial charge in [-0.15, -0.1) is 0 Å². The van der Waals surface area contributed by atoms with Gasteiger partial charge in [0.15, 0.2) is 0 Å². The zero-order valence-electron chi connectivity index (χ0n) is 9.53. The first-order valence-electron chi connectivity index (χ1n) is 5.56. The molecule has 3 rings (SSSR count). The summed E-state index contributed by atoms with van der Waals surface area (Å²) in [5.41, 5.74) is 3.37. The van der Waals surface area contributed by atoms with Crippen molar-refractivity contribution in [3.8, 4) is 5.75 Å². The number of aromatic nitrogens is 1. The van der Waals surface area contributed by atoms with Crippen molar-refractivity contribution < 1.29 is 9.84 Å². The molecule has 1 aliphatic heterocycles. The minimum absolute atomic E-state index is 0.307. The van der Waals surface area contributed by atoms with Crippen molar-refractivity contribution in [1.29, 1.82) is 0 Å². The van der Waals surface area contributed by atoms with Crippen molar-refractivity contribution in [1.82, 2.24) is 4.57 Å². The predicted molar refractivity (Wildman–Crippen MR) is 62.8 cm³/mol. The second kappa shape index (κ2) is 3.25. The summed E-state index contributed by atoms with van der Waals surface area (Å²) in [6, 6.07) is 6.24. The van der Waals surface area contributed by atoms with Gasteiger partial charge in [-0.3, -0.25) is 0 Å². The van der Waals surface area contributed by atoms with Crippen molar-refractivity contribution in [2.75, 3.05) is 7.11 Å². The summed E-state index contributed by atoms with van der Waals surface area (Å²) in [5.74, 6) is 0.909. The molecule has 0 radical (unpaired) electrons. The van der Waals surface area contributed by atoms with Gasteiger partial charge in [-0.25, -0.2) is 0 Å². The van der Waals surface area contributed by atoms with Crippen LogP contribution in [0.3, 0.4) is 0 Å². The standard InChI is InChI=1S/C13H15NO2/c1-8-5-10-9(7-13(8)16-2)6-11-12(15)3-4-14(10)11/h5-7,12,15H,3-4H2,1-2H3/t12-/m0/s1. The number of nitrogens with zero attached hydrogens (tertiary/aromatic N) is 1. The zero-order chi connectivity index (χ0) is 11.3. The number of hydrogen-bond acceptors (Lipinski definition) is 2. The number of ether oxygens (including phenoxy) is 1. The van der Waals surface area contributed by atoms with Gasteiger partial charge in [0.25, 0.3) is 0 Å². The molecule has 0 spiro atoms. The van der Waals surface area contributed by atoms with E-state index in [0.717, 1.165) is 35.4 Å². The van der Waals surface area contributed by atoms with Gasteiger partial charge in [-0.1, -0.05) is 0 Å². The molecular weight excluding hydrogens is 202 g/mol. The normalized spacial score (nSPS) is 19.1. The fourth-order valence-electron chi connectivity index (χ4n) is 2.56. The van der Waals surface area contributed by atoms with E-state index in [2.05, 4.69) is 16.7 Å². The molecule has 84 valence electrons. The van der Waals surface area contributed by atoms with Crippen molar-refractivity contribution in [2.24, 2.45) is 0 Å². The van der Waals surface area contributed by atoms with Gasteiger partial charge < -0.3 is 14.4 Å². The van der Waals surface area contributed by atoms with Crippen LogP contribution >= 0.6 is 0 Å². The minimum atomic E-state index is -0.307. The first-order chi connectivity index (χ1) is 7.70. The van der Waals surface area contributed by atoms with E-state index in [-0.39, 0.29) is 6.10 Å². The molecule has 0 aliphatic carbocycles. The van der Waals surface area contributed by atoms with Crippen molar-refractivity contribution >= 4 is 10.9 Å². The monoisotopic (exact) mass is 217 g/mol. The number of aliphatic hydroxyl groups excluding tert-OH is 1. The average Bonchev–Trinajstić information content (AvgIpc) is 2.79. The highest BCUT2D eigenvalue weighted by molar-refractivity contribution is 5.84. The van der Waals surface area contributed by atoms with Crippen molar-refractivity contribution in [2.45, 2.75) is 26.0 Å². The fourth-order valence-corrected chi connectivity index (χ4v) is 2.56. The Hall–Kier alpha value is -1.48. The summed E-state index contributed by atoms with van der Waals surface area (Å²) in [6.45, 7) is 2.95. The number of benzene rings is 1. The van der Waals surface area contributed by atoms with Crippen LogP contribution in [0.2, 0.25) is 0 Å². The van der Waals surface area contributed by atoms with Crippen LogP contribution in [-0.4, -0.2) is 16.8 Å². The molecule has 1 atom stereocenters.